The summed E-state index contributed by atoms with van der Waals surface area (Å²) in [5, 5.41) is 49.5. The molecule has 3 heterocycles. The number of hydrogen-bond acceptors (Lipinski definition) is 27. The van der Waals surface area contributed by atoms with Crippen LogP contribution in [-0.4, -0.2) is 186 Å². The molecule has 1 aliphatic heterocycles. The summed E-state index contributed by atoms with van der Waals surface area (Å²) >= 11 is 0. The van der Waals surface area contributed by atoms with E-state index in [-0.39, 0.29) is 233 Å². The van der Waals surface area contributed by atoms with Crippen LogP contribution in [0.15, 0.2) is 46.2 Å². The third-order valence-corrected chi connectivity index (χ3v) is 13.8. The zero-order chi connectivity index (χ0) is 50.3. The zero-order valence-electron chi connectivity index (χ0n) is 40.1. The molecule has 1 fully saturated rings. The van der Waals surface area contributed by atoms with Crippen molar-refractivity contribution in [3.8, 4) is 0 Å². The topological polar surface area (TPSA) is 438 Å². The molecule has 0 aliphatic carbocycles. The Labute approximate surface area is 504 Å². The average Bonchev–Trinajstić information content (AvgIpc) is 3.85. The molecule has 374 valence electrons. The number of aliphatic hydroxyl groups is 4. The molecule has 1 aliphatic rings. The quantitative estimate of drug-likeness (QED) is 0.00951. The maximum absolute atomic E-state index is 12.6. The predicted octanol–water partition coefficient (Wildman–Crippen LogP) is -14.1. The van der Waals surface area contributed by atoms with Gasteiger partial charge in [0.25, 0.3) is 0 Å². The van der Waals surface area contributed by atoms with E-state index in [0.717, 1.165) is 24.3 Å². The standard InChI is InChI=1S/C36H50N12O16S4.4Na/c1-47(19-23(20-51)9-13-49)34-43-30(37-11-15-65(53,54)55)41-32(44-34)39-26-7-5-24(28(17-26)67(59,60)61)3-4-25-6-8-27(18-29(25)68(62,63)64)40-33-42-31(38-12-16-66(56,57)58)45-35(46-33)48(2)21-36(48,22-52)10-14-50;;;;/h3-8,17-18,23,49-52H,9-16,19-22H2,1-2H3,(H7-,37,38,39,40,41,42,43,44,45,46,53,54,55,56,57,58,59,60,61,62,63,64);;;;/q;4*+1/p-3. The maximum Gasteiger partial charge on any atom is 1.00 e. The van der Waals surface area contributed by atoms with Gasteiger partial charge in [-0.1, -0.05) is 24.3 Å². The molecule has 0 spiro atoms. The van der Waals surface area contributed by atoms with Crippen molar-refractivity contribution in [2.24, 2.45) is 5.92 Å². The van der Waals surface area contributed by atoms with Crippen LogP contribution in [0.5, 0.6) is 0 Å². The van der Waals surface area contributed by atoms with Gasteiger partial charge in [0.1, 0.15) is 33.4 Å². The Morgan fingerprint density at radius 2 is 1.12 bits per heavy atom. The molecule has 4 aromatic rings. The fraction of sp³-hybridized carbons (Fsp3) is 0.444. The van der Waals surface area contributed by atoms with E-state index < -0.39 is 86.3 Å². The molecule has 3 atom stereocenters. The second-order valence-electron chi connectivity index (χ2n) is 15.6. The number of aliphatic hydroxyl groups excluding tert-OH is 4. The second-order valence-corrected chi connectivity index (χ2v) is 21.3. The Morgan fingerprint density at radius 3 is 1.54 bits per heavy atom. The van der Waals surface area contributed by atoms with Gasteiger partial charge in [-0.25, -0.2) is 38.2 Å². The maximum atomic E-state index is 12.6. The Morgan fingerprint density at radius 1 is 0.681 bits per heavy atom. The van der Waals surface area contributed by atoms with E-state index in [1.807, 2.05) is 0 Å². The van der Waals surface area contributed by atoms with Gasteiger partial charge in [-0.3, -0.25) is 0 Å². The van der Waals surface area contributed by atoms with Crippen LogP contribution in [-0.2, 0) is 40.5 Å². The molecular weight excluding hydrogens is 1080 g/mol. The monoisotopic (exact) mass is 1120 g/mol. The van der Waals surface area contributed by atoms with Crippen molar-refractivity contribution in [1.82, 2.24) is 34.4 Å². The zero-order valence-corrected chi connectivity index (χ0v) is 51.3. The summed E-state index contributed by atoms with van der Waals surface area (Å²) in [5.74, 6) is -3.05. The third-order valence-electron chi connectivity index (χ3n) is 10.6. The molecule has 5 rings (SSSR count). The van der Waals surface area contributed by atoms with Crippen LogP contribution >= 0.6 is 0 Å². The minimum absolute atomic E-state index is 0. The van der Waals surface area contributed by atoms with Crippen LogP contribution in [0.1, 0.15) is 24.0 Å². The SMILES string of the molecule is CN(CC(CO)CCO)c1nc(NCCS(=O)(=O)[O-])nc(Nc2ccc(C=Cc3ccc(Nc4nc(NCCS(=O)(=O)[O-])nc([N+]5(C)CC5(CO)CCO)n4)cc3S(=O)(=O)[O-])c(S(=O)(=O)[O-])c2)n1.[Na+].[Na+].[Na+].[Na+]. The second kappa shape index (κ2) is 28.9. The molecule has 0 amide bonds. The number of rotatable bonds is 26. The molecule has 8 N–H and O–H groups in total. The Kier molecular flexibility index (Phi) is 27.5. The van der Waals surface area contributed by atoms with Crippen molar-refractivity contribution in [3.05, 3.63) is 47.5 Å². The Bertz CT molecular complexity index is 2980. The summed E-state index contributed by atoms with van der Waals surface area (Å²) in [6, 6.07) is 6.75. The first kappa shape index (κ1) is 68.7. The average molecular weight is 1120 g/mol. The third kappa shape index (κ3) is 19.6. The van der Waals surface area contributed by atoms with Crippen LogP contribution in [0.4, 0.5) is 47.1 Å². The number of hydrogen-bond donors (Lipinski definition) is 8. The largest absolute Gasteiger partial charge is 1.00 e. The van der Waals surface area contributed by atoms with Crippen molar-refractivity contribution in [2.45, 2.75) is 28.2 Å². The number of nitrogens with one attached hydrogen (secondary N) is 4. The van der Waals surface area contributed by atoms with Crippen molar-refractivity contribution in [3.63, 3.8) is 0 Å². The number of nitrogens with zero attached hydrogens (tertiary/aromatic N) is 8. The van der Waals surface area contributed by atoms with Crippen LogP contribution in [0.2, 0.25) is 0 Å². The van der Waals surface area contributed by atoms with Gasteiger partial charge in [0.15, 0.2) is 5.54 Å². The normalized spacial score (nSPS) is 17.0. The summed E-state index contributed by atoms with van der Waals surface area (Å²) in [6.45, 7) is -1.60. The summed E-state index contributed by atoms with van der Waals surface area (Å²) in [4.78, 5) is 25.3. The summed E-state index contributed by atoms with van der Waals surface area (Å²) in [6.07, 6.45) is 2.49. The minimum Gasteiger partial charge on any atom is -0.748 e. The van der Waals surface area contributed by atoms with E-state index in [4.69, 9.17) is 0 Å². The smallest absolute Gasteiger partial charge is 0.748 e. The van der Waals surface area contributed by atoms with Crippen molar-refractivity contribution >= 4 is 99.7 Å². The van der Waals surface area contributed by atoms with Crippen LogP contribution in [0, 0.1) is 5.92 Å². The van der Waals surface area contributed by atoms with E-state index in [1.54, 1.807) is 14.1 Å². The first-order valence-electron chi connectivity index (χ1n) is 20.0. The van der Waals surface area contributed by atoms with Gasteiger partial charge in [-0.2, -0.15) is 19.9 Å². The number of quaternary nitrogens is 1. The van der Waals surface area contributed by atoms with Crippen LogP contribution in [0.3, 0.4) is 0 Å². The molecule has 0 radical (unpaired) electrons. The van der Waals surface area contributed by atoms with Gasteiger partial charge in [-0.05, 0) is 41.8 Å². The van der Waals surface area contributed by atoms with Crippen LogP contribution < -0.4 is 149 Å². The van der Waals surface area contributed by atoms with Crippen LogP contribution in [0.25, 0.3) is 12.2 Å². The molecule has 36 heteroatoms. The molecular formula is C36H47N12Na4O16S4+. The molecule has 72 heavy (non-hydrogen) atoms. The van der Waals surface area contributed by atoms with Gasteiger partial charge in [-0.15, -0.1) is 9.97 Å². The summed E-state index contributed by atoms with van der Waals surface area (Å²) in [7, 11) is -16.6. The van der Waals surface area contributed by atoms with Gasteiger partial charge >= 0.3 is 124 Å². The number of benzene rings is 2. The number of aromatic nitrogens is 6. The predicted molar refractivity (Wildman–Crippen MR) is 240 cm³/mol. The molecule has 1 saturated heterocycles. The molecule has 28 nitrogen and oxygen atoms in total. The number of anilines is 7. The van der Waals surface area contributed by atoms with Gasteiger partial charge in [0, 0.05) is 70.2 Å². The molecule has 0 bridgehead atoms. The van der Waals surface area contributed by atoms with E-state index >= 15 is 0 Å². The van der Waals surface area contributed by atoms with E-state index in [9.17, 15) is 72.3 Å². The summed E-state index contributed by atoms with van der Waals surface area (Å²) in [5.41, 5.74) is -1.54. The molecule has 2 aromatic heterocycles. The first-order valence-corrected chi connectivity index (χ1v) is 26.0. The first-order chi connectivity index (χ1) is 31.7. The molecule has 2 aromatic carbocycles. The van der Waals surface area contributed by atoms with E-state index in [0.29, 0.717) is 0 Å². The van der Waals surface area contributed by atoms with Crippen molar-refractivity contribution in [2.75, 3.05) is 104 Å². The van der Waals surface area contributed by atoms with Crippen molar-refractivity contribution in [1.29, 1.82) is 0 Å². The van der Waals surface area contributed by atoms with E-state index in [2.05, 4.69) is 51.2 Å². The Hall–Kier alpha value is -1.36. The van der Waals surface area contributed by atoms with Gasteiger partial charge in [0.2, 0.25) is 29.7 Å². The number of likely N-dealkylation sites (N-methyl/N-ethyl adjacent to an activating group) is 1. The minimum atomic E-state index is -5.29. The van der Waals surface area contributed by atoms with Gasteiger partial charge < -0.3 is 64.8 Å². The molecule has 3 unspecified atom stereocenters. The Balaban J connectivity index is 0.00000648. The fourth-order valence-electron chi connectivity index (χ4n) is 6.88. The molecule has 0 saturated carbocycles. The summed E-state index contributed by atoms with van der Waals surface area (Å²) < 4.78 is 143. The van der Waals surface area contributed by atoms with E-state index in [1.165, 1.54) is 29.2 Å². The van der Waals surface area contributed by atoms with Crippen molar-refractivity contribution < 1.29 is 191 Å². The fourth-order valence-corrected chi connectivity index (χ4v) is 8.98. The van der Waals surface area contributed by atoms with Gasteiger partial charge in [0.05, 0.1) is 48.6 Å².